The quantitative estimate of drug-likeness (QED) is 0.436. The second-order valence-electron chi connectivity index (χ2n) is 4.89. The molecule has 132 valence electrons. The first kappa shape index (κ1) is 18.2. The molecule has 0 bridgehead atoms. The van der Waals surface area contributed by atoms with E-state index in [4.69, 9.17) is 23.7 Å². The predicted molar refractivity (Wildman–Crippen MR) is 93.8 cm³/mol. The van der Waals surface area contributed by atoms with Crippen LogP contribution in [0.5, 0.6) is 28.7 Å². The summed E-state index contributed by atoms with van der Waals surface area (Å²) in [6.45, 7) is 0. The van der Waals surface area contributed by atoms with Gasteiger partial charge in [-0.1, -0.05) is 6.07 Å². The maximum absolute atomic E-state index is 12.0. The van der Waals surface area contributed by atoms with Gasteiger partial charge in [0.1, 0.15) is 5.75 Å². The third-order valence-corrected chi connectivity index (χ3v) is 3.39. The normalized spacial score (nSPS) is 10.4. The molecule has 0 fully saturated rings. The van der Waals surface area contributed by atoms with E-state index in [2.05, 4.69) is 0 Å². The second kappa shape index (κ2) is 8.63. The average molecular weight is 344 g/mol. The van der Waals surface area contributed by atoms with Crippen LogP contribution < -0.4 is 23.7 Å². The highest BCUT2D eigenvalue weighted by atomic mass is 16.5. The first-order valence-corrected chi connectivity index (χ1v) is 7.45. The van der Waals surface area contributed by atoms with E-state index >= 15 is 0 Å². The highest BCUT2D eigenvalue weighted by Crippen LogP contribution is 2.31. The van der Waals surface area contributed by atoms with Gasteiger partial charge in [-0.05, 0) is 35.9 Å². The van der Waals surface area contributed by atoms with E-state index in [1.54, 1.807) is 50.6 Å². The lowest BCUT2D eigenvalue weighted by atomic mass is 10.2. The zero-order valence-electron chi connectivity index (χ0n) is 14.6. The smallest absolute Gasteiger partial charge is 0.336 e. The Kier molecular flexibility index (Phi) is 6.28. The molecule has 0 aromatic heterocycles. The molecule has 0 aliphatic heterocycles. The van der Waals surface area contributed by atoms with Crippen LogP contribution in [0.3, 0.4) is 0 Å². The van der Waals surface area contributed by atoms with Gasteiger partial charge in [0.25, 0.3) is 0 Å². The zero-order chi connectivity index (χ0) is 18.2. The van der Waals surface area contributed by atoms with Crippen LogP contribution in [0.1, 0.15) is 5.56 Å². The van der Waals surface area contributed by atoms with Crippen molar-refractivity contribution in [2.24, 2.45) is 0 Å². The van der Waals surface area contributed by atoms with E-state index in [-0.39, 0.29) is 0 Å². The Morgan fingerprint density at radius 3 is 1.92 bits per heavy atom. The van der Waals surface area contributed by atoms with Crippen molar-refractivity contribution >= 4 is 12.0 Å². The molecule has 2 rings (SSSR count). The fourth-order valence-corrected chi connectivity index (χ4v) is 2.15. The number of methoxy groups -OCH3 is 4. The lowest BCUT2D eigenvalue weighted by molar-refractivity contribution is -0.128. The summed E-state index contributed by atoms with van der Waals surface area (Å²) < 4.78 is 26.0. The summed E-state index contributed by atoms with van der Waals surface area (Å²) in [6.07, 6.45) is 2.96. The van der Waals surface area contributed by atoms with Crippen molar-refractivity contribution in [3.05, 3.63) is 48.0 Å². The van der Waals surface area contributed by atoms with Crippen LogP contribution in [0.2, 0.25) is 0 Å². The van der Waals surface area contributed by atoms with Gasteiger partial charge < -0.3 is 23.7 Å². The largest absolute Gasteiger partial charge is 0.493 e. The van der Waals surface area contributed by atoms with Crippen molar-refractivity contribution in [2.45, 2.75) is 0 Å². The van der Waals surface area contributed by atoms with Crippen molar-refractivity contribution in [1.82, 2.24) is 0 Å². The van der Waals surface area contributed by atoms with Crippen molar-refractivity contribution in [3.8, 4) is 28.7 Å². The summed E-state index contributed by atoms with van der Waals surface area (Å²) in [5, 5.41) is 0. The molecule has 0 aliphatic carbocycles. The summed E-state index contributed by atoms with van der Waals surface area (Å²) in [5.74, 6) is 2.09. The molecule has 0 amide bonds. The zero-order valence-corrected chi connectivity index (χ0v) is 14.6. The predicted octanol–water partition coefficient (Wildman–Crippen LogP) is 3.34. The van der Waals surface area contributed by atoms with Gasteiger partial charge in [-0.2, -0.15) is 0 Å². The first-order valence-electron chi connectivity index (χ1n) is 7.45. The Morgan fingerprint density at radius 2 is 1.32 bits per heavy atom. The summed E-state index contributed by atoms with van der Waals surface area (Å²) in [6, 6.07) is 10.2. The van der Waals surface area contributed by atoms with Gasteiger partial charge in [0.2, 0.25) is 0 Å². The lowest BCUT2D eigenvalue weighted by Gasteiger charge is -2.09. The van der Waals surface area contributed by atoms with Crippen LogP contribution >= 0.6 is 0 Å². The molecular formula is C19H20O6. The molecule has 2 aromatic rings. The summed E-state index contributed by atoms with van der Waals surface area (Å²) in [4.78, 5) is 12.0. The van der Waals surface area contributed by atoms with Gasteiger partial charge in [0, 0.05) is 12.1 Å². The van der Waals surface area contributed by atoms with Gasteiger partial charge in [0.15, 0.2) is 23.0 Å². The minimum atomic E-state index is -0.512. The molecule has 6 nitrogen and oxygen atoms in total. The molecule has 0 spiro atoms. The summed E-state index contributed by atoms with van der Waals surface area (Å²) in [5.41, 5.74) is 0.780. The Bertz CT molecular complexity index is 767. The number of carbonyl (C=O) groups excluding carboxylic acids is 1. The Hall–Kier alpha value is -3.15. The summed E-state index contributed by atoms with van der Waals surface area (Å²) in [7, 11) is 6.17. The van der Waals surface area contributed by atoms with Crippen molar-refractivity contribution < 1.29 is 28.5 Å². The number of ether oxygens (including phenoxy) is 5. The van der Waals surface area contributed by atoms with E-state index in [9.17, 15) is 4.79 Å². The molecule has 0 atom stereocenters. The van der Waals surface area contributed by atoms with Crippen LogP contribution in [0, 0.1) is 0 Å². The molecule has 0 N–H and O–H groups in total. The highest BCUT2D eigenvalue weighted by molar-refractivity contribution is 5.88. The molecule has 0 aliphatic rings. The third kappa shape index (κ3) is 4.67. The topological polar surface area (TPSA) is 63.2 Å². The number of carbonyl (C=O) groups is 1. The first-order chi connectivity index (χ1) is 12.1. The Balaban J connectivity index is 2.08. The van der Waals surface area contributed by atoms with E-state index in [0.717, 1.165) is 5.56 Å². The van der Waals surface area contributed by atoms with Gasteiger partial charge in [-0.3, -0.25) is 0 Å². The minimum Gasteiger partial charge on any atom is -0.493 e. The Labute approximate surface area is 146 Å². The van der Waals surface area contributed by atoms with Crippen molar-refractivity contribution in [2.75, 3.05) is 28.4 Å². The van der Waals surface area contributed by atoms with Crippen LogP contribution in [0.25, 0.3) is 6.08 Å². The minimum absolute atomic E-state index is 0.361. The number of rotatable bonds is 7. The fourth-order valence-electron chi connectivity index (χ4n) is 2.15. The lowest BCUT2D eigenvalue weighted by Crippen LogP contribution is -2.04. The molecule has 25 heavy (non-hydrogen) atoms. The van der Waals surface area contributed by atoms with Gasteiger partial charge in [-0.25, -0.2) is 4.79 Å². The molecule has 6 heteroatoms. The van der Waals surface area contributed by atoms with Gasteiger partial charge >= 0.3 is 5.97 Å². The van der Waals surface area contributed by atoms with Crippen LogP contribution in [0.15, 0.2) is 42.5 Å². The van der Waals surface area contributed by atoms with Crippen LogP contribution in [-0.4, -0.2) is 34.4 Å². The standard InChI is InChI=1S/C19H20O6/c1-21-15-8-5-13(11-17(15)23-3)6-10-19(20)25-14-7-9-16(22-2)18(12-14)24-4/h5-12H,1-4H3/b10-6+. The van der Waals surface area contributed by atoms with Crippen molar-refractivity contribution in [1.29, 1.82) is 0 Å². The van der Waals surface area contributed by atoms with Crippen LogP contribution in [0.4, 0.5) is 0 Å². The monoisotopic (exact) mass is 344 g/mol. The molecule has 0 radical (unpaired) electrons. The van der Waals surface area contributed by atoms with E-state index in [1.807, 2.05) is 6.07 Å². The second-order valence-corrected chi connectivity index (χ2v) is 4.89. The highest BCUT2D eigenvalue weighted by Gasteiger charge is 2.08. The number of hydrogen-bond donors (Lipinski definition) is 0. The molecule has 0 saturated heterocycles. The summed E-state index contributed by atoms with van der Waals surface area (Å²) >= 11 is 0. The van der Waals surface area contributed by atoms with Gasteiger partial charge in [0.05, 0.1) is 28.4 Å². The number of esters is 1. The molecular weight excluding hydrogens is 324 g/mol. The molecule has 0 heterocycles. The van der Waals surface area contributed by atoms with Crippen LogP contribution in [-0.2, 0) is 4.79 Å². The molecule has 0 unspecified atom stereocenters. The van der Waals surface area contributed by atoms with Crippen molar-refractivity contribution in [3.63, 3.8) is 0 Å². The SMILES string of the molecule is COc1ccc(/C=C/C(=O)Oc2ccc(OC)c(OC)c2)cc1OC. The fraction of sp³-hybridized carbons (Fsp3) is 0.211. The number of hydrogen-bond acceptors (Lipinski definition) is 6. The maximum Gasteiger partial charge on any atom is 0.336 e. The van der Waals surface area contributed by atoms with E-state index in [1.165, 1.54) is 20.3 Å². The molecule has 0 saturated carbocycles. The van der Waals surface area contributed by atoms with E-state index in [0.29, 0.717) is 28.7 Å². The Morgan fingerprint density at radius 1 is 0.760 bits per heavy atom. The molecule has 2 aromatic carbocycles. The number of benzene rings is 2. The third-order valence-electron chi connectivity index (χ3n) is 3.39. The maximum atomic E-state index is 12.0. The average Bonchev–Trinajstić information content (AvgIpc) is 2.65. The van der Waals surface area contributed by atoms with E-state index < -0.39 is 5.97 Å². The van der Waals surface area contributed by atoms with Gasteiger partial charge in [-0.15, -0.1) is 0 Å².